The third kappa shape index (κ3) is 4.79. The molecule has 3 aromatic heterocycles. The van der Waals surface area contributed by atoms with Gasteiger partial charge >= 0.3 is 0 Å². The number of para-hydroxylation sites is 1. The van der Waals surface area contributed by atoms with Crippen molar-refractivity contribution in [2.24, 2.45) is 0 Å². The van der Waals surface area contributed by atoms with Gasteiger partial charge in [-0.3, -0.25) is 9.00 Å². The highest BCUT2D eigenvalue weighted by Gasteiger charge is 2.24. The molecule has 9 heteroatoms. The van der Waals surface area contributed by atoms with Gasteiger partial charge in [-0.1, -0.05) is 24.3 Å². The Morgan fingerprint density at radius 2 is 1.65 bits per heavy atom. The van der Waals surface area contributed by atoms with Crippen LogP contribution in [0.4, 0.5) is 5.82 Å². The van der Waals surface area contributed by atoms with Crippen molar-refractivity contribution >= 4 is 22.5 Å². The Labute approximate surface area is 200 Å². The van der Waals surface area contributed by atoms with Crippen LogP contribution in [0.15, 0.2) is 85.5 Å². The van der Waals surface area contributed by atoms with Gasteiger partial charge in [0.05, 0.1) is 17.6 Å². The van der Waals surface area contributed by atoms with Gasteiger partial charge in [0, 0.05) is 61.1 Å². The zero-order valence-corrected chi connectivity index (χ0v) is 19.6. The maximum atomic E-state index is 13.0. The second kappa shape index (κ2) is 10.0. The van der Waals surface area contributed by atoms with Crippen molar-refractivity contribution in [1.82, 2.24) is 24.2 Å². The number of rotatable bonds is 7. The van der Waals surface area contributed by atoms with Gasteiger partial charge in [-0.05, 0) is 36.4 Å². The van der Waals surface area contributed by atoms with Crippen molar-refractivity contribution in [1.29, 1.82) is 0 Å². The van der Waals surface area contributed by atoms with Gasteiger partial charge in [-0.15, -0.1) is 0 Å². The first-order valence-electron chi connectivity index (χ1n) is 11.2. The zero-order chi connectivity index (χ0) is 23.3. The number of piperazine rings is 1. The Morgan fingerprint density at radius 3 is 2.35 bits per heavy atom. The first-order valence-corrected chi connectivity index (χ1v) is 12.7. The summed E-state index contributed by atoms with van der Waals surface area (Å²) >= 11 is 0. The van der Waals surface area contributed by atoms with Gasteiger partial charge in [0.15, 0.2) is 0 Å². The van der Waals surface area contributed by atoms with Gasteiger partial charge < -0.3 is 14.4 Å². The smallest absolute Gasteiger partial charge is 0.235 e. The second-order valence-corrected chi connectivity index (χ2v) is 9.57. The van der Waals surface area contributed by atoms with E-state index in [1.165, 1.54) is 0 Å². The van der Waals surface area contributed by atoms with E-state index >= 15 is 0 Å². The highest BCUT2D eigenvalue weighted by Crippen LogP contribution is 2.21. The molecule has 8 nitrogen and oxygen atoms in total. The van der Waals surface area contributed by atoms with Crippen LogP contribution in [0.3, 0.4) is 0 Å². The van der Waals surface area contributed by atoms with Crippen LogP contribution in [-0.2, 0) is 21.3 Å². The molecule has 1 aliphatic rings. The molecule has 34 heavy (non-hydrogen) atoms. The highest BCUT2D eigenvalue weighted by atomic mass is 32.2. The number of hydrogen-bond acceptors (Lipinski definition) is 5. The molecule has 4 heterocycles. The predicted octanol–water partition coefficient (Wildman–Crippen LogP) is 2.66. The number of amides is 1. The molecule has 0 spiro atoms. The predicted molar refractivity (Wildman–Crippen MR) is 133 cm³/mol. The Kier molecular flexibility index (Phi) is 6.53. The summed E-state index contributed by atoms with van der Waals surface area (Å²) in [6.07, 6.45) is 7.40. The molecule has 4 aromatic rings. The van der Waals surface area contributed by atoms with Crippen molar-refractivity contribution in [3.05, 3.63) is 91.0 Å². The molecule has 0 saturated carbocycles. The van der Waals surface area contributed by atoms with Crippen LogP contribution in [0.1, 0.15) is 5.56 Å². The van der Waals surface area contributed by atoms with Gasteiger partial charge in [0.2, 0.25) is 5.91 Å². The minimum absolute atomic E-state index is 0.00518. The number of hydrogen-bond donors (Lipinski definition) is 0. The van der Waals surface area contributed by atoms with E-state index in [0.29, 0.717) is 13.1 Å². The molecule has 1 atom stereocenters. The second-order valence-electron chi connectivity index (χ2n) is 8.12. The molecule has 1 aromatic carbocycles. The van der Waals surface area contributed by atoms with Gasteiger partial charge in [-0.25, -0.2) is 9.67 Å². The number of nitrogens with zero attached hydrogens (tertiary/aromatic N) is 6. The molecule has 0 bridgehead atoms. The van der Waals surface area contributed by atoms with E-state index in [9.17, 15) is 9.00 Å². The number of aromatic nitrogens is 4. The van der Waals surface area contributed by atoms with Crippen molar-refractivity contribution in [3.63, 3.8) is 0 Å². The fraction of sp³-hybridized carbons (Fsp3) is 0.240. The summed E-state index contributed by atoms with van der Waals surface area (Å²) < 4.78 is 16.8. The van der Waals surface area contributed by atoms with Crippen LogP contribution in [0.25, 0.3) is 11.5 Å². The minimum atomic E-state index is -1.35. The summed E-state index contributed by atoms with van der Waals surface area (Å²) in [5, 5.41) is 4.56. The lowest BCUT2D eigenvalue weighted by Gasteiger charge is -2.35. The fourth-order valence-corrected chi connectivity index (χ4v) is 5.28. The Bertz CT molecular complexity index is 1250. The van der Waals surface area contributed by atoms with E-state index in [4.69, 9.17) is 0 Å². The lowest BCUT2D eigenvalue weighted by Crippen LogP contribution is -2.50. The SMILES string of the molecule is O=C(CS(=O)Cc1cnn(-c2ccccc2)c1-n1cccc1)N1CCN(c2ccccn2)CC1. The van der Waals surface area contributed by atoms with Crippen LogP contribution in [-0.4, -0.2) is 66.3 Å². The van der Waals surface area contributed by atoms with Crippen molar-refractivity contribution in [3.8, 4) is 11.5 Å². The van der Waals surface area contributed by atoms with E-state index in [1.54, 1.807) is 17.3 Å². The molecule has 5 rings (SSSR count). The van der Waals surface area contributed by atoms with Crippen molar-refractivity contribution in [2.75, 3.05) is 36.8 Å². The summed E-state index contributed by atoms with van der Waals surface area (Å²) in [6, 6.07) is 19.6. The summed E-state index contributed by atoms with van der Waals surface area (Å²) in [4.78, 5) is 21.2. The maximum absolute atomic E-state index is 13.0. The standard InChI is InChI=1S/C25H26N6O2S/c32-24(29-16-14-28(15-17-29)23-10-4-5-11-26-23)20-34(33)19-21-18-27-31(22-8-2-1-3-9-22)25(21)30-12-6-7-13-30/h1-13,18H,14-17,19-20H2. The van der Waals surface area contributed by atoms with Gasteiger partial charge in [0.1, 0.15) is 17.4 Å². The van der Waals surface area contributed by atoms with Crippen LogP contribution in [0.5, 0.6) is 0 Å². The number of pyridine rings is 1. The summed E-state index contributed by atoms with van der Waals surface area (Å²) in [5.74, 6) is 1.95. The number of carbonyl (C=O) groups excluding carboxylic acids is 1. The summed E-state index contributed by atoms with van der Waals surface area (Å²) in [7, 11) is -1.35. The highest BCUT2D eigenvalue weighted by molar-refractivity contribution is 7.84. The van der Waals surface area contributed by atoms with Gasteiger partial charge in [-0.2, -0.15) is 5.10 Å². The van der Waals surface area contributed by atoms with Crippen LogP contribution in [0, 0.1) is 0 Å². The molecule has 1 amide bonds. The molecule has 1 aliphatic heterocycles. The van der Waals surface area contributed by atoms with Crippen LogP contribution < -0.4 is 4.90 Å². The number of anilines is 1. The first-order chi connectivity index (χ1) is 16.7. The molecule has 0 radical (unpaired) electrons. The van der Waals surface area contributed by atoms with Crippen molar-refractivity contribution < 1.29 is 9.00 Å². The quantitative estimate of drug-likeness (QED) is 0.412. The number of benzene rings is 1. The van der Waals surface area contributed by atoms with Gasteiger partial charge in [0.25, 0.3) is 0 Å². The van der Waals surface area contributed by atoms with Crippen LogP contribution in [0.2, 0.25) is 0 Å². The molecule has 1 fully saturated rings. The molecular weight excluding hydrogens is 448 g/mol. The Hall–Kier alpha value is -3.72. The van der Waals surface area contributed by atoms with E-state index in [-0.39, 0.29) is 17.4 Å². The third-order valence-corrected chi connectivity index (χ3v) is 7.08. The maximum Gasteiger partial charge on any atom is 0.235 e. The fourth-order valence-electron chi connectivity index (χ4n) is 4.17. The topological polar surface area (TPSA) is 76.3 Å². The minimum Gasteiger partial charge on any atom is -0.353 e. The lowest BCUT2D eigenvalue weighted by atomic mass is 10.3. The first kappa shape index (κ1) is 22.1. The molecule has 0 aliphatic carbocycles. The largest absolute Gasteiger partial charge is 0.353 e. The summed E-state index contributed by atoms with van der Waals surface area (Å²) in [6.45, 7) is 2.65. The van der Waals surface area contributed by atoms with E-state index in [0.717, 1.165) is 36.0 Å². The van der Waals surface area contributed by atoms with E-state index in [1.807, 2.05) is 82.3 Å². The Balaban J connectivity index is 1.25. The van der Waals surface area contributed by atoms with Crippen molar-refractivity contribution in [2.45, 2.75) is 5.75 Å². The van der Waals surface area contributed by atoms with Crippen LogP contribution >= 0.6 is 0 Å². The zero-order valence-electron chi connectivity index (χ0n) is 18.7. The normalized spacial score (nSPS) is 14.8. The molecular formula is C25H26N6O2S. The Morgan fingerprint density at radius 1 is 0.912 bits per heavy atom. The average molecular weight is 475 g/mol. The number of carbonyl (C=O) groups is 1. The van der Waals surface area contributed by atoms with E-state index in [2.05, 4.69) is 15.0 Å². The molecule has 0 N–H and O–H groups in total. The lowest BCUT2D eigenvalue weighted by molar-refractivity contribution is -0.128. The molecule has 174 valence electrons. The molecule has 1 saturated heterocycles. The summed E-state index contributed by atoms with van der Waals surface area (Å²) in [5.41, 5.74) is 1.76. The molecule has 1 unspecified atom stereocenters. The monoisotopic (exact) mass is 474 g/mol. The third-order valence-electron chi connectivity index (χ3n) is 5.87. The average Bonchev–Trinajstić information content (AvgIpc) is 3.55. The van der Waals surface area contributed by atoms with E-state index < -0.39 is 10.8 Å².